The van der Waals surface area contributed by atoms with E-state index in [-0.39, 0.29) is 17.5 Å². The smallest absolute Gasteiger partial charge is 0.252 e. The summed E-state index contributed by atoms with van der Waals surface area (Å²) in [5.74, 6) is 0. The maximum absolute atomic E-state index is 2.71. The second-order valence-corrected chi connectivity index (χ2v) is 19.5. The van der Waals surface area contributed by atoms with Crippen LogP contribution in [0.1, 0.15) is 97.9 Å². The van der Waals surface area contributed by atoms with Crippen LogP contribution in [0.5, 0.6) is 0 Å². The Balaban J connectivity index is 1.22. The van der Waals surface area contributed by atoms with Crippen LogP contribution in [0.25, 0.3) is 21.5 Å². The molecule has 0 radical (unpaired) electrons. The number of benzene rings is 7. The van der Waals surface area contributed by atoms with Crippen molar-refractivity contribution in [2.45, 2.75) is 104 Å². The van der Waals surface area contributed by atoms with E-state index in [9.17, 15) is 0 Å². The molecular weight excluding hydrogens is 687 g/mol. The van der Waals surface area contributed by atoms with Crippen LogP contribution in [0.2, 0.25) is 0 Å². The molecule has 280 valence electrons. The van der Waals surface area contributed by atoms with E-state index < -0.39 is 0 Å². The van der Waals surface area contributed by atoms with Gasteiger partial charge in [-0.15, -0.1) is 0 Å². The number of rotatable bonds is 2. The molecule has 57 heavy (non-hydrogen) atoms. The SMILES string of the molecule is Cc1ccc2c(c1)B1c3cc4c(cc3N(c3ccc5c6c(cccc36)CCC5)c3cc(C)cc(c31)N2c1ccc2c3c(cccc13)CCC2)C(C)(C)CCC4(C)C. The fraction of sp³-hybridized carbons (Fsp3) is 0.296. The number of hydrogen-bond donors (Lipinski definition) is 0. The Kier molecular flexibility index (Phi) is 6.92. The molecule has 5 aliphatic rings. The van der Waals surface area contributed by atoms with E-state index in [4.69, 9.17) is 0 Å². The second-order valence-electron chi connectivity index (χ2n) is 19.5. The lowest BCUT2D eigenvalue weighted by Crippen LogP contribution is -2.62. The fourth-order valence-corrected chi connectivity index (χ4v) is 12.1. The third kappa shape index (κ3) is 4.66. The largest absolute Gasteiger partial charge is 0.311 e. The summed E-state index contributed by atoms with van der Waals surface area (Å²) in [5, 5.41) is 5.72. The average molecular weight is 739 g/mol. The third-order valence-corrected chi connectivity index (χ3v) is 15.0. The van der Waals surface area contributed by atoms with Gasteiger partial charge in [-0.25, -0.2) is 0 Å². The molecule has 0 fully saturated rings. The van der Waals surface area contributed by atoms with Crippen molar-refractivity contribution in [1.82, 2.24) is 0 Å². The van der Waals surface area contributed by atoms with Crippen LogP contribution in [-0.4, -0.2) is 6.71 Å². The third-order valence-electron chi connectivity index (χ3n) is 15.0. The Hall–Kier alpha value is -5.28. The Bertz CT molecular complexity index is 2890. The van der Waals surface area contributed by atoms with Crippen LogP contribution in [-0.2, 0) is 36.5 Å². The number of fused-ring (bicyclic) bond motifs is 5. The van der Waals surface area contributed by atoms with Crippen LogP contribution in [0.3, 0.4) is 0 Å². The monoisotopic (exact) mass is 738 g/mol. The molecule has 3 heteroatoms. The Morgan fingerprint density at radius 3 is 1.53 bits per heavy atom. The van der Waals surface area contributed by atoms with Gasteiger partial charge in [0.15, 0.2) is 0 Å². The van der Waals surface area contributed by atoms with Crippen molar-refractivity contribution in [3.8, 4) is 0 Å². The van der Waals surface area contributed by atoms with Crippen molar-refractivity contribution in [3.05, 3.63) is 148 Å². The summed E-state index contributed by atoms with van der Waals surface area (Å²) in [6.07, 6.45) is 9.48. The van der Waals surface area contributed by atoms with E-state index in [1.807, 2.05) is 0 Å². The first kappa shape index (κ1) is 33.8. The molecule has 0 unspecified atom stereocenters. The highest BCUT2D eigenvalue weighted by Crippen LogP contribution is 2.52. The highest BCUT2D eigenvalue weighted by atomic mass is 15.2. The van der Waals surface area contributed by atoms with Crippen molar-refractivity contribution in [2.75, 3.05) is 9.80 Å². The molecule has 0 saturated carbocycles. The van der Waals surface area contributed by atoms with Crippen molar-refractivity contribution in [2.24, 2.45) is 0 Å². The van der Waals surface area contributed by atoms with Gasteiger partial charge in [0.25, 0.3) is 6.71 Å². The first-order valence-corrected chi connectivity index (χ1v) is 21.7. The van der Waals surface area contributed by atoms with Crippen LogP contribution < -0.4 is 26.2 Å². The zero-order chi connectivity index (χ0) is 38.5. The molecule has 12 rings (SSSR count). The van der Waals surface area contributed by atoms with E-state index in [0.29, 0.717) is 0 Å². The zero-order valence-electron chi connectivity index (χ0n) is 34.4. The normalized spacial score (nSPS) is 18.0. The lowest BCUT2D eigenvalue weighted by atomic mass is 9.33. The topological polar surface area (TPSA) is 6.48 Å². The molecule has 0 atom stereocenters. The Labute approximate surface area is 338 Å². The summed E-state index contributed by atoms with van der Waals surface area (Å²) in [7, 11) is 0. The maximum atomic E-state index is 2.71. The molecule has 0 bridgehead atoms. The summed E-state index contributed by atoms with van der Waals surface area (Å²) in [6.45, 7) is 14.6. The molecule has 0 spiro atoms. The van der Waals surface area contributed by atoms with E-state index in [1.165, 1.54) is 142 Å². The average Bonchev–Trinajstić information content (AvgIpc) is 3.20. The molecule has 2 nitrogen and oxygen atoms in total. The van der Waals surface area contributed by atoms with Gasteiger partial charge >= 0.3 is 0 Å². The molecule has 0 N–H and O–H groups in total. The molecule has 7 aromatic rings. The number of anilines is 6. The summed E-state index contributed by atoms with van der Waals surface area (Å²) in [5.41, 5.74) is 24.1. The van der Waals surface area contributed by atoms with Gasteiger partial charge in [-0.05, 0) is 179 Å². The number of hydrogen-bond acceptors (Lipinski definition) is 2. The van der Waals surface area contributed by atoms with Gasteiger partial charge in [0.1, 0.15) is 0 Å². The Morgan fingerprint density at radius 1 is 0.456 bits per heavy atom. The van der Waals surface area contributed by atoms with Crippen molar-refractivity contribution in [3.63, 3.8) is 0 Å². The van der Waals surface area contributed by atoms with E-state index in [0.717, 1.165) is 25.7 Å². The van der Waals surface area contributed by atoms with Crippen LogP contribution in [0.15, 0.2) is 103 Å². The minimum absolute atomic E-state index is 0.0933. The van der Waals surface area contributed by atoms with Gasteiger partial charge in [-0.1, -0.05) is 100.0 Å². The van der Waals surface area contributed by atoms with Crippen LogP contribution >= 0.6 is 0 Å². The lowest BCUT2D eigenvalue weighted by molar-refractivity contribution is 0.332. The molecule has 0 amide bonds. The predicted octanol–water partition coefficient (Wildman–Crippen LogP) is 12.0. The standard InChI is InChI=1S/C54H51BN2/c1-32-19-22-46-42(27-32)55-43-30-40-41(54(5,6)26-25-53(40,3)4)31-47(43)57(45-24-21-37-14-8-12-35-16-10-18-39(45)51(35)37)49-29-33(2)28-48(52(49)55)56(46)44-23-20-36-13-7-11-34-15-9-17-38(44)50(34)36/h9-10,15-24,27-31H,7-8,11-14,25-26H2,1-6H3. The number of nitrogens with zero attached hydrogens (tertiary/aromatic N) is 2. The van der Waals surface area contributed by atoms with Gasteiger partial charge in [0.2, 0.25) is 0 Å². The number of aryl methyl sites for hydroxylation is 6. The molecule has 3 aliphatic carbocycles. The zero-order valence-corrected chi connectivity index (χ0v) is 34.4. The predicted molar refractivity (Wildman–Crippen MR) is 244 cm³/mol. The van der Waals surface area contributed by atoms with Gasteiger partial charge in [-0.3, -0.25) is 0 Å². The van der Waals surface area contributed by atoms with Crippen LogP contribution in [0.4, 0.5) is 34.1 Å². The molecule has 0 aromatic heterocycles. The Morgan fingerprint density at radius 2 is 0.947 bits per heavy atom. The minimum Gasteiger partial charge on any atom is -0.311 e. The van der Waals surface area contributed by atoms with E-state index >= 15 is 0 Å². The van der Waals surface area contributed by atoms with E-state index in [1.54, 1.807) is 0 Å². The van der Waals surface area contributed by atoms with Gasteiger partial charge < -0.3 is 9.80 Å². The van der Waals surface area contributed by atoms with Gasteiger partial charge in [-0.2, -0.15) is 0 Å². The summed E-state index contributed by atoms with van der Waals surface area (Å²) >= 11 is 0. The second kappa shape index (κ2) is 11.7. The quantitative estimate of drug-likeness (QED) is 0.163. The maximum Gasteiger partial charge on any atom is 0.252 e. The van der Waals surface area contributed by atoms with E-state index in [2.05, 4.69) is 154 Å². The lowest BCUT2D eigenvalue weighted by Gasteiger charge is -2.48. The molecule has 0 saturated heterocycles. The first-order chi connectivity index (χ1) is 27.6. The molecule has 2 aliphatic heterocycles. The van der Waals surface area contributed by atoms with Crippen molar-refractivity contribution < 1.29 is 0 Å². The van der Waals surface area contributed by atoms with Crippen molar-refractivity contribution >= 4 is 78.8 Å². The molecule has 7 aromatic carbocycles. The summed E-state index contributed by atoms with van der Waals surface area (Å²) in [4.78, 5) is 5.37. The van der Waals surface area contributed by atoms with Gasteiger partial charge in [0, 0.05) is 33.5 Å². The molecule has 2 heterocycles. The van der Waals surface area contributed by atoms with Crippen molar-refractivity contribution in [1.29, 1.82) is 0 Å². The first-order valence-electron chi connectivity index (χ1n) is 21.7. The summed E-state index contributed by atoms with van der Waals surface area (Å²) in [6, 6.07) is 41.6. The van der Waals surface area contributed by atoms with Crippen LogP contribution in [0, 0.1) is 13.8 Å². The fourth-order valence-electron chi connectivity index (χ4n) is 12.1. The summed E-state index contributed by atoms with van der Waals surface area (Å²) < 4.78 is 0. The highest BCUT2D eigenvalue weighted by molar-refractivity contribution is 7.00. The molecular formula is C54H51BN2. The minimum atomic E-state index is 0.0933. The highest BCUT2D eigenvalue weighted by Gasteiger charge is 2.47. The van der Waals surface area contributed by atoms with Gasteiger partial charge in [0.05, 0.1) is 11.4 Å².